The largest absolute Gasteiger partial charge is 0.338 e. The molecule has 4 rings (SSSR count). The van der Waals surface area contributed by atoms with Gasteiger partial charge < -0.3 is 10.2 Å². The van der Waals surface area contributed by atoms with E-state index in [0.29, 0.717) is 25.9 Å². The predicted octanol–water partition coefficient (Wildman–Crippen LogP) is 1.38. The molecule has 3 aliphatic rings. The highest BCUT2D eigenvalue weighted by Gasteiger charge is 2.48. The Labute approximate surface area is 140 Å². The Balaban J connectivity index is 1.47. The Hall–Kier alpha value is -2.37. The van der Waals surface area contributed by atoms with Crippen LogP contribution in [-0.2, 0) is 17.6 Å². The summed E-state index contributed by atoms with van der Waals surface area (Å²) >= 11 is 0. The van der Waals surface area contributed by atoms with Crippen molar-refractivity contribution in [3.05, 3.63) is 34.9 Å². The van der Waals surface area contributed by atoms with Crippen LogP contribution in [0.4, 0.5) is 4.79 Å². The number of amides is 4. The van der Waals surface area contributed by atoms with Gasteiger partial charge in [0, 0.05) is 18.7 Å². The van der Waals surface area contributed by atoms with Gasteiger partial charge in [-0.3, -0.25) is 14.9 Å². The Kier molecular flexibility index (Phi) is 3.55. The summed E-state index contributed by atoms with van der Waals surface area (Å²) in [6.07, 6.45) is 5.48. The molecule has 126 valence electrons. The lowest BCUT2D eigenvalue weighted by Gasteiger charge is -2.37. The molecular weight excluding hydrogens is 306 g/mol. The predicted molar refractivity (Wildman–Crippen MR) is 87.6 cm³/mol. The summed E-state index contributed by atoms with van der Waals surface area (Å²) in [5.74, 6) is -0.253. The number of piperidine rings is 1. The van der Waals surface area contributed by atoms with Crippen LogP contribution in [0.15, 0.2) is 18.2 Å². The molecule has 24 heavy (non-hydrogen) atoms. The minimum atomic E-state index is -0.830. The Morgan fingerprint density at radius 2 is 1.75 bits per heavy atom. The molecule has 0 bridgehead atoms. The van der Waals surface area contributed by atoms with Gasteiger partial charge in [0.2, 0.25) is 0 Å². The first-order chi connectivity index (χ1) is 11.6. The molecule has 1 aliphatic carbocycles. The zero-order valence-corrected chi connectivity index (χ0v) is 13.6. The minimum absolute atomic E-state index is 0.0166. The van der Waals surface area contributed by atoms with Gasteiger partial charge in [-0.15, -0.1) is 0 Å². The molecule has 0 unspecified atom stereocenters. The average Bonchev–Trinajstić information content (AvgIpc) is 2.87. The number of aryl methyl sites for hydroxylation is 2. The van der Waals surface area contributed by atoms with E-state index in [1.165, 1.54) is 24.0 Å². The number of carbonyl (C=O) groups is 3. The number of hydrogen-bond acceptors (Lipinski definition) is 3. The number of imide groups is 1. The summed E-state index contributed by atoms with van der Waals surface area (Å²) in [5, 5.41) is 5.02. The van der Waals surface area contributed by atoms with Crippen molar-refractivity contribution in [1.29, 1.82) is 0 Å². The van der Waals surface area contributed by atoms with Crippen LogP contribution in [0.1, 0.15) is 47.2 Å². The maximum absolute atomic E-state index is 12.8. The molecule has 2 fully saturated rings. The van der Waals surface area contributed by atoms with Crippen molar-refractivity contribution < 1.29 is 14.4 Å². The van der Waals surface area contributed by atoms with Gasteiger partial charge in [0.25, 0.3) is 11.8 Å². The molecule has 2 N–H and O–H groups in total. The molecule has 2 saturated heterocycles. The number of rotatable bonds is 1. The summed E-state index contributed by atoms with van der Waals surface area (Å²) < 4.78 is 0. The van der Waals surface area contributed by atoms with Gasteiger partial charge in [0.05, 0.1) is 0 Å². The number of urea groups is 1. The summed E-state index contributed by atoms with van der Waals surface area (Å²) in [4.78, 5) is 37.9. The van der Waals surface area contributed by atoms with Gasteiger partial charge >= 0.3 is 6.03 Å². The molecule has 0 atom stereocenters. The Morgan fingerprint density at radius 3 is 2.42 bits per heavy atom. The molecule has 6 heteroatoms. The molecule has 1 aromatic rings. The number of hydrogen-bond donors (Lipinski definition) is 2. The lowest BCUT2D eigenvalue weighted by atomic mass is 9.87. The van der Waals surface area contributed by atoms with Crippen LogP contribution in [-0.4, -0.2) is 41.4 Å². The molecule has 0 saturated carbocycles. The molecule has 1 aromatic carbocycles. The maximum Gasteiger partial charge on any atom is 0.322 e. The summed E-state index contributed by atoms with van der Waals surface area (Å²) in [6, 6.07) is 5.60. The highest BCUT2D eigenvalue weighted by Crippen LogP contribution is 2.27. The van der Waals surface area contributed by atoms with E-state index in [2.05, 4.69) is 16.7 Å². The zero-order chi connectivity index (χ0) is 16.7. The van der Waals surface area contributed by atoms with Crippen molar-refractivity contribution in [3.8, 4) is 0 Å². The van der Waals surface area contributed by atoms with E-state index in [0.717, 1.165) is 18.4 Å². The number of nitrogens with one attached hydrogen (secondary N) is 2. The third-order valence-corrected chi connectivity index (χ3v) is 5.51. The molecule has 1 spiro atoms. The van der Waals surface area contributed by atoms with Crippen molar-refractivity contribution in [2.24, 2.45) is 0 Å². The van der Waals surface area contributed by atoms with Crippen LogP contribution in [0.5, 0.6) is 0 Å². The third kappa shape index (κ3) is 2.46. The van der Waals surface area contributed by atoms with Gasteiger partial charge in [0.15, 0.2) is 0 Å². The Morgan fingerprint density at radius 1 is 1.04 bits per heavy atom. The quantitative estimate of drug-likeness (QED) is 0.765. The topological polar surface area (TPSA) is 78.5 Å². The summed E-state index contributed by atoms with van der Waals surface area (Å²) in [6.45, 7) is 0.952. The average molecular weight is 327 g/mol. The molecular formula is C18H21N3O3. The molecule has 0 radical (unpaired) electrons. The van der Waals surface area contributed by atoms with Crippen LogP contribution >= 0.6 is 0 Å². The fourth-order valence-corrected chi connectivity index (χ4v) is 4.02. The van der Waals surface area contributed by atoms with E-state index in [4.69, 9.17) is 0 Å². The van der Waals surface area contributed by atoms with E-state index in [1.54, 1.807) is 4.90 Å². The third-order valence-electron chi connectivity index (χ3n) is 5.51. The van der Waals surface area contributed by atoms with Crippen LogP contribution in [0.25, 0.3) is 0 Å². The van der Waals surface area contributed by atoms with Crippen LogP contribution in [0.3, 0.4) is 0 Å². The summed E-state index contributed by atoms with van der Waals surface area (Å²) in [5.41, 5.74) is 2.55. The highest BCUT2D eigenvalue weighted by atomic mass is 16.2. The zero-order valence-electron chi connectivity index (χ0n) is 13.6. The number of nitrogens with zero attached hydrogens (tertiary/aromatic N) is 1. The molecule has 4 amide bonds. The second kappa shape index (κ2) is 5.61. The standard InChI is InChI=1S/C18H21N3O3/c22-15(14-6-5-12-3-1-2-4-13(12)11-14)21-9-7-18(8-10-21)16(23)19-17(24)20-18/h5-6,11H,1-4,7-10H2,(H2,19,20,23,24). The fourth-order valence-electron chi connectivity index (χ4n) is 4.02. The van der Waals surface area contributed by atoms with Crippen molar-refractivity contribution >= 4 is 17.8 Å². The van der Waals surface area contributed by atoms with E-state index >= 15 is 0 Å². The molecule has 2 aliphatic heterocycles. The van der Waals surface area contributed by atoms with E-state index in [1.807, 2.05) is 12.1 Å². The molecule has 6 nitrogen and oxygen atoms in total. The first-order valence-electron chi connectivity index (χ1n) is 8.62. The monoisotopic (exact) mass is 327 g/mol. The maximum atomic E-state index is 12.8. The van der Waals surface area contributed by atoms with Crippen molar-refractivity contribution in [3.63, 3.8) is 0 Å². The van der Waals surface area contributed by atoms with Gasteiger partial charge in [-0.1, -0.05) is 6.07 Å². The van der Waals surface area contributed by atoms with E-state index in [-0.39, 0.29) is 11.8 Å². The van der Waals surface area contributed by atoms with Gasteiger partial charge in [-0.2, -0.15) is 0 Å². The fraction of sp³-hybridized carbons (Fsp3) is 0.500. The number of fused-ring (bicyclic) bond motifs is 1. The van der Waals surface area contributed by atoms with E-state index < -0.39 is 11.6 Å². The number of likely N-dealkylation sites (tertiary alicyclic amines) is 1. The van der Waals surface area contributed by atoms with Crippen molar-refractivity contribution in [2.45, 2.75) is 44.1 Å². The normalized spacial score (nSPS) is 22.1. The number of carbonyl (C=O) groups excluding carboxylic acids is 3. The minimum Gasteiger partial charge on any atom is -0.338 e. The first-order valence-corrected chi connectivity index (χ1v) is 8.62. The molecule has 0 aromatic heterocycles. The van der Waals surface area contributed by atoms with E-state index in [9.17, 15) is 14.4 Å². The summed E-state index contributed by atoms with van der Waals surface area (Å²) in [7, 11) is 0. The second-order valence-electron chi connectivity index (χ2n) is 6.97. The highest BCUT2D eigenvalue weighted by molar-refractivity contribution is 6.07. The van der Waals surface area contributed by atoms with Gasteiger partial charge in [-0.25, -0.2) is 4.79 Å². The lowest BCUT2D eigenvalue weighted by Crippen LogP contribution is -2.55. The van der Waals surface area contributed by atoms with Crippen LogP contribution < -0.4 is 10.6 Å². The van der Waals surface area contributed by atoms with Crippen LogP contribution in [0, 0.1) is 0 Å². The van der Waals surface area contributed by atoms with Crippen molar-refractivity contribution in [2.75, 3.05) is 13.1 Å². The van der Waals surface area contributed by atoms with Crippen molar-refractivity contribution in [1.82, 2.24) is 15.5 Å². The second-order valence-corrected chi connectivity index (χ2v) is 6.97. The van der Waals surface area contributed by atoms with Gasteiger partial charge in [-0.05, 0) is 61.8 Å². The van der Waals surface area contributed by atoms with Crippen LogP contribution in [0.2, 0.25) is 0 Å². The smallest absolute Gasteiger partial charge is 0.322 e. The Bertz CT molecular complexity index is 720. The number of benzene rings is 1. The lowest BCUT2D eigenvalue weighted by molar-refractivity contribution is -0.125. The SMILES string of the molecule is O=C1NC(=O)C2(CCN(C(=O)c3ccc4c(c3)CCCC4)CC2)N1. The van der Waals surface area contributed by atoms with Gasteiger partial charge in [0.1, 0.15) is 5.54 Å². The first kappa shape index (κ1) is 15.2. The molecule has 2 heterocycles.